The third-order valence-electron chi connectivity index (χ3n) is 5.06. The van der Waals surface area contributed by atoms with Gasteiger partial charge in [-0.25, -0.2) is 4.79 Å². The molecule has 1 aromatic carbocycles. The van der Waals surface area contributed by atoms with Crippen LogP contribution in [0, 0.1) is 5.92 Å². The van der Waals surface area contributed by atoms with Crippen molar-refractivity contribution in [1.82, 2.24) is 4.90 Å². The lowest BCUT2D eigenvalue weighted by molar-refractivity contribution is 0.0171. The summed E-state index contributed by atoms with van der Waals surface area (Å²) >= 11 is 0. The molecule has 3 N–H and O–H groups in total. The molecule has 156 valence electrons. The summed E-state index contributed by atoms with van der Waals surface area (Å²) in [6.07, 6.45) is 5.34. The fourth-order valence-electron chi connectivity index (χ4n) is 3.77. The van der Waals surface area contributed by atoms with Crippen molar-refractivity contribution in [2.24, 2.45) is 16.6 Å². The highest BCUT2D eigenvalue weighted by Crippen LogP contribution is 2.25. The molecule has 7 heteroatoms. The minimum absolute atomic E-state index is 0. The minimum atomic E-state index is -0.466. The minimum Gasteiger partial charge on any atom is -0.444 e. The van der Waals surface area contributed by atoms with E-state index in [0.29, 0.717) is 25.0 Å². The number of carbonyl (C=O) groups excluding carboxylic acids is 1. The number of amides is 1. The van der Waals surface area contributed by atoms with E-state index in [2.05, 4.69) is 28.5 Å². The van der Waals surface area contributed by atoms with Crippen LogP contribution in [-0.4, -0.2) is 42.2 Å². The van der Waals surface area contributed by atoms with Gasteiger partial charge >= 0.3 is 6.09 Å². The average Bonchev–Trinajstić information content (AvgIpc) is 3.06. The second kappa shape index (κ2) is 9.80. The summed E-state index contributed by atoms with van der Waals surface area (Å²) in [5.74, 6) is 0.744. The molecule has 28 heavy (non-hydrogen) atoms. The number of guanidine groups is 1. The van der Waals surface area contributed by atoms with E-state index in [1.54, 1.807) is 4.90 Å². The second-order valence-electron chi connectivity index (χ2n) is 8.62. The predicted molar refractivity (Wildman–Crippen MR) is 125 cm³/mol. The molecular weight excluding hydrogens is 467 g/mol. The SMILES string of the molecule is CC(C)(C)OC(=O)N1CCCC(CN=C(N)Nc2ccc3c(c2)CCC3)C1.I. The monoisotopic (exact) mass is 500 g/mol. The second-order valence-corrected chi connectivity index (χ2v) is 8.62. The molecule has 1 heterocycles. The Labute approximate surface area is 185 Å². The quantitative estimate of drug-likeness (QED) is 0.371. The maximum absolute atomic E-state index is 12.3. The van der Waals surface area contributed by atoms with Crippen molar-refractivity contribution >= 4 is 41.7 Å². The van der Waals surface area contributed by atoms with Crippen molar-refractivity contribution in [3.8, 4) is 0 Å². The summed E-state index contributed by atoms with van der Waals surface area (Å²) in [5.41, 5.74) is 9.46. The van der Waals surface area contributed by atoms with Crippen LogP contribution in [-0.2, 0) is 17.6 Å². The number of hydrogen-bond acceptors (Lipinski definition) is 3. The van der Waals surface area contributed by atoms with Crippen LogP contribution in [0.25, 0.3) is 0 Å². The fraction of sp³-hybridized carbons (Fsp3) is 0.619. The zero-order valence-corrected chi connectivity index (χ0v) is 19.5. The molecule has 1 saturated heterocycles. The number of nitrogens with two attached hydrogens (primary N) is 1. The molecule has 1 amide bonds. The maximum Gasteiger partial charge on any atom is 0.410 e. The van der Waals surface area contributed by atoms with Crippen molar-refractivity contribution in [1.29, 1.82) is 0 Å². The summed E-state index contributed by atoms with van der Waals surface area (Å²) in [6.45, 7) is 7.71. The highest BCUT2D eigenvalue weighted by Gasteiger charge is 2.27. The van der Waals surface area contributed by atoms with Gasteiger partial charge in [-0.15, -0.1) is 24.0 Å². The molecule has 1 aromatic rings. The van der Waals surface area contributed by atoms with Gasteiger partial charge in [-0.1, -0.05) is 6.07 Å². The Bertz CT molecular complexity index is 715. The van der Waals surface area contributed by atoms with Crippen LogP contribution < -0.4 is 11.1 Å². The van der Waals surface area contributed by atoms with Crippen molar-refractivity contribution < 1.29 is 9.53 Å². The Morgan fingerprint density at radius 3 is 2.79 bits per heavy atom. The number of aryl methyl sites for hydroxylation is 2. The Hall–Kier alpha value is -1.51. The molecule has 0 spiro atoms. The number of likely N-dealkylation sites (tertiary alicyclic amines) is 1. The van der Waals surface area contributed by atoms with Gasteiger partial charge in [-0.05, 0) is 82.1 Å². The largest absolute Gasteiger partial charge is 0.444 e. The van der Waals surface area contributed by atoms with E-state index in [1.165, 1.54) is 24.0 Å². The van der Waals surface area contributed by atoms with Crippen molar-refractivity contribution in [2.45, 2.75) is 58.5 Å². The van der Waals surface area contributed by atoms with E-state index < -0.39 is 5.60 Å². The number of rotatable bonds is 3. The van der Waals surface area contributed by atoms with Gasteiger partial charge in [0.1, 0.15) is 5.60 Å². The molecule has 0 bridgehead atoms. The van der Waals surface area contributed by atoms with Gasteiger partial charge in [-0.3, -0.25) is 4.99 Å². The van der Waals surface area contributed by atoms with Gasteiger partial charge in [0.2, 0.25) is 0 Å². The lowest BCUT2D eigenvalue weighted by Gasteiger charge is -2.33. The van der Waals surface area contributed by atoms with Crippen molar-refractivity contribution in [2.75, 3.05) is 25.0 Å². The first-order valence-electron chi connectivity index (χ1n) is 9.97. The normalized spacial score (nSPS) is 19.6. The number of piperidine rings is 1. The van der Waals surface area contributed by atoms with E-state index in [1.807, 2.05) is 20.8 Å². The fourth-order valence-corrected chi connectivity index (χ4v) is 3.77. The number of nitrogens with one attached hydrogen (secondary N) is 1. The van der Waals surface area contributed by atoms with E-state index in [4.69, 9.17) is 10.5 Å². The van der Waals surface area contributed by atoms with Crippen molar-refractivity contribution in [3.63, 3.8) is 0 Å². The van der Waals surface area contributed by atoms with Gasteiger partial charge in [0.25, 0.3) is 0 Å². The van der Waals surface area contributed by atoms with Gasteiger partial charge in [0.05, 0.1) is 0 Å². The topological polar surface area (TPSA) is 80.0 Å². The number of aliphatic imine (C=N–C) groups is 1. The summed E-state index contributed by atoms with van der Waals surface area (Å²) in [7, 11) is 0. The number of fused-ring (bicyclic) bond motifs is 1. The van der Waals surface area contributed by atoms with Gasteiger partial charge in [0.15, 0.2) is 5.96 Å². The third-order valence-corrected chi connectivity index (χ3v) is 5.06. The Kier molecular flexibility index (Phi) is 7.97. The molecule has 1 aliphatic heterocycles. The predicted octanol–water partition coefficient (Wildman–Crippen LogP) is 4.17. The summed E-state index contributed by atoms with van der Waals surface area (Å²) in [5, 5.41) is 3.20. The number of ether oxygens (including phenoxy) is 1. The first-order valence-corrected chi connectivity index (χ1v) is 9.97. The number of hydrogen-bond donors (Lipinski definition) is 2. The Morgan fingerprint density at radius 1 is 1.29 bits per heavy atom. The van der Waals surface area contributed by atoms with E-state index in [9.17, 15) is 4.79 Å². The maximum atomic E-state index is 12.3. The zero-order valence-electron chi connectivity index (χ0n) is 17.2. The summed E-state index contributed by atoms with van der Waals surface area (Å²) < 4.78 is 5.48. The smallest absolute Gasteiger partial charge is 0.410 e. The number of anilines is 1. The third kappa shape index (κ3) is 6.53. The molecule has 0 saturated carbocycles. The van der Waals surface area contributed by atoms with Crippen LogP contribution in [0.2, 0.25) is 0 Å². The first-order chi connectivity index (χ1) is 12.8. The zero-order chi connectivity index (χ0) is 19.4. The van der Waals surface area contributed by atoms with Crippen LogP contribution in [0.5, 0.6) is 0 Å². The van der Waals surface area contributed by atoms with Crippen LogP contribution >= 0.6 is 24.0 Å². The number of benzene rings is 1. The molecule has 1 unspecified atom stereocenters. The van der Waals surface area contributed by atoms with Crippen LogP contribution in [0.1, 0.15) is 51.2 Å². The van der Waals surface area contributed by atoms with Crippen LogP contribution in [0.15, 0.2) is 23.2 Å². The number of carbonyl (C=O) groups is 1. The molecule has 1 fully saturated rings. The highest BCUT2D eigenvalue weighted by molar-refractivity contribution is 14.0. The van der Waals surface area contributed by atoms with Gasteiger partial charge in [0, 0.05) is 25.3 Å². The molecule has 2 aliphatic rings. The number of halogens is 1. The van der Waals surface area contributed by atoms with Gasteiger partial charge < -0.3 is 20.7 Å². The van der Waals surface area contributed by atoms with Crippen LogP contribution in [0.4, 0.5) is 10.5 Å². The molecule has 6 nitrogen and oxygen atoms in total. The van der Waals surface area contributed by atoms with Crippen molar-refractivity contribution in [3.05, 3.63) is 29.3 Å². The number of nitrogens with zero attached hydrogens (tertiary/aromatic N) is 2. The van der Waals surface area contributed by atoms with Crippen LogP contribution in [0.3, 0.4) is 0 Å². The first kappa shape index (κ1) is 22.8. The Balaban J connectivity index is 0.00000280. The molecule has 0 aromatic heterocycles. The molecule has 3 rings (SSSR count). The Morgan fingerprint density at radius 2 is 2.04 bits per heavy atom. The summed E-state index contributed by atoms with van der Waals surface area (Å²) in [4.78, 5) is 18.6. The summed E-state index contributed by atoms with van der Waals surface area (Å²) in [6, 6.07) is 6.42. The highest BCUT2D eigenvalue weighted by atomic mass is 127. The molecule has 0 radical (unpaired) electrons. The molecule has 1 aliphatic carbocycles. The lowest BCUT2D eigenvalue weighted by Crippen LogP contribution is -2.43. The van der Waals surface area contributed by atoms with E-state index >= 15 is 0 Å². The average molecular weight is 500 g/mol. The lowest BCUT2D eigenvalue weighted by atomic mass is 9.98. The standard InChI is InChI=1S/C21H32N4O2.HI/c1-21(2,3)27-20(26)25-11-5-6-15(14-25)13-23-19(22)24-18-10-9-16-7-4-8-17(16)12-18;/h9-10,12,15H,4-8,11,13-14H2,1-3H3,(H3,22,23,24);1H. The van der Waals surface area contributed by atoms with E-state index in [0.717, 1.165) is 31.5 Å². The van der Waals surface area contributed by atoms with Gasteiger partial charge in [-0.2, -0.15) is 0 Å². The van der Waals surface area contributed by atoms with E-state index in [-0.39, 0.29) is 30.1 Å². The molecular formula is C21H33IN4O2. The molecule has 1 atom stereocenters.